The molecular weight excluding hydrogens is 194 g/mol. The summed E-state index contributed by atoms with van der Waals surface area (Å²) >= 11 is 6.66. The van der Waals surface area contributed by atoms with Gasteiger partial charge in [-0.05, 0) is 48.9 Å². The van der Waals surface area contributed by atoms with Crippen molar-refractivity contribution in [1.29, 1.82) is 0 Å². The fourth-order valence-corrected chi connectivity index (χ4v) is 5.63. The van der Waals surface area contributed by atoms with E-state index in [0.717, 1.165) is 18.8 Å². The summed E-state index contributed by atoms with van der Waals surface area (Å²) in [6.07, 6.45) is 6.19. The van der Waals surface area contributed by atoms with Gasteiger partial charge in [0, 0.05) is 10.9 Å². The van der Waals surface area contributed by atoms with Gasteiger partial charge in [0.25, 0.3) is 0 Å². The fourth-order valence-electron chi connectivity index (χ4n) is 5.30. The molecule has 4 saturated carbocycles. The van der Waals surface area contributed by atoms with E-state index in [4.69, 9.17) is 17.3 Å². The van der Waals surface area contributed by atoms with Gasteiger partial charge in [-0.15, -0.1) is 11.6 Å². The van der Waals surface area contributed by atoms with E-state index in [-0.39, 0.29) is 5.54 Å². The Kier molecular flexibility index (Phi) is 1.57. The van der Waals surface area contributed by atoms with E-state index in [0.29, 0.717) is 16.2 Å². The van der Waals surface area contributed by atoms with Crippen molar-refractivity contribution in [2.24, 2.45) is 22.5 Å². The smallest absolute Gasteiger partial charge is 0.0444 e. The largest absolute Gasteiger partial charge is 0.325 e. The average molecular weight is 214 g/mol. The van der Waals surface area contributed by atoms with Crippen molar-refractivity contribution in [1.82, 2.24) is 0 Å². The van der Waals surface area contributed by atoms with Crippen molar-refractivity contribution in [3.05, 3.63) is 0 Å². The number of halogens is 1. The van der Waals surface area contributed by atoms with E-state index in [1.165, 1.54) is 19.3 Å². The SMILES string of the molecule is CC12CC3CC(N)(C1)CC(C)(C3)C2Cl. The van der Waals surface area contributed by atoms with Crippen LogP contribution in [0, 0.1) is 16.7 Å². The summed E-state index contributed by atoms with van der Waals surface area (Å²) in [5.74, 6) is 0.854. The number of hydrogen-bond acceptors (Lipinski definition) is 1. The molecule has 0 heterocycles. The summed E-state index contributed by atoms with van der Waals surface area (Å²) in [5.41, 5.74) is 7.26. The third-order valence-electron chi connectivity index (χ3n) is 4.94. The van der Waals surface area contributed by atoms with Crippen molar-refractivity contribution in [3.8, 4) is 0 Å². The van der Waals surface area contributed by atoms with E-state index in [1.54, 1.807) is 0 Å². The van der Waals surface area contributed by atoms with Crippen molar-refractivity contribution in [2.45, 2.75) is 56.9 Å². The van der Waals surface area contributed by atoms with Gasteiger partial charge in [0.2, 0.25) is 0 Å². The summed E-state index contributed by atoms with van der Waals surface area (Å²) in [6.45, 7) is 4.71. The molecule has 4 aliphatic carbocycles. The highest BCUT2D eigenvalue weighted by atomic mass is 35.5. The number of hydrogen-bond donors (Lipinski definition) is 1. The van der Waals surface area contributed by atoms with Crippen LogP contribution in [0.4, 0.5) is 0 Å². The molecule has 2 atom stereocenters. The maximum absolute atomic E-state index is 6.66. The van der Waals surface area contributed by atoms with Crippen LogP contribution >= 0.6 is 11.6 Å². The van der Waals surface area contributed by atoms with Gasteiger partial charge >= 0.3 is 0 Å². The minimum absolute atomic E-state index is 0.121. The van der Waals surface area contributed by atoms with Gasteiger partial charge in [0.05, 0.1) is 0 Å². The summed E-state index contributed by atoms with van der Waals surface area (Å²) in [6, 6.07) is 0. The molecule has 2 unspecified atom stereocenters. The van der Waals surface area contributed by atoms with Gasteiger partial charge in [-0.3, -0.25) is 0 Å². The molecule has 4 bridgehead atoms. The molecule has 4 aliphatic rings. The van der Waals surface area contributed by atoms with Gasteiger partial charge < -0.3 is 5.73 Å². The van der Waals surface area contributed by atoms with Crippen LogP contribution in [0.1, 0.15) is 46.0 Å². The monoisotopic (exact) mass is 213 g/mol. The minimum atomic E-state index is 0.121. The van der Waals surface area contributed by atoms with Gasteiger partial charge in [-0.25, -0.2) is 0 Å². The second-order valence-electron chi connectivity index (χ2n) is 6.86. The van der Waals surface area contributed by atoms with Crippen molar-refractivity contribution in [2.75, 3.05) is 0 Å². The van der Waals surface area contributed by atoms with Gasteiger partial charge in [0.15, 0.2) is 0 Å². The van der Waals surface area contributed by atoms with Crippen LogP contribution in [-0.2, 0) is 0 Å². The quantitative estimate of drug-likeness (QED) is 0.616. The molecular formula is C12H20ClN. The van der Waals surface area contributed by atoms with Crippen molar-refractivity contribution < 1.29 is 0 Å². The summed E-state index contributed by atoms with van der Waals surface area (Å²) in [4.78, 5) is 0. The Balaban J connectivity index is 2.07. The lowest BCUT2D eigenvalue weighted by Crippen LogP contribution is -2.67. The van der Waals surface area contributed by atoms with Crippen molar-refractivity contribution in [3.63, 3.8) is 0 Å². The first-order valence-electron chi connectivity index (χ1n) is 5.78. The number of rotatable bonds is 0. The Morgan fingerprint density at radius 2 is 1.57 bits per heavy atom. The predicted octanol–water partition coefficient (Wildman–Crippen LogP) is 2.91. The molecule has 0 aromatic carbocycles. The van der Waals surface area contributed by atoms with Crippen LogP contribution in [0.25, 0.3) is 0 Å². The zero-order valence-corrected chi connectivity index (χ0v) is 9.90. The maximum Gasteiger partial charge on any atom is 0.0444 e. The fraction of sp³-hybridized carbons (Fsp3) is 1.00. The topological polar surface area (TPSA) is 26.0 Å². The van der Waals surface area contributed by atoms with Gasteiger partial charge in [-0.2, -0.15) is 0 Å². The highest BCUT2D eigenvalue weighted by Crippen LogP contribution is 2.67. The lowest BCUT2D eigenvalue weighted by molar-refractivity contribution is -0.0993. The lowest BCUT2D eigenvalue weighted by atomic mass is 9.42. The molecule has 1 nitrogen and oxygen atoms in total. The Hall–Kier alpha value is 0.250. The van der Waals surface area contributed by atoms with E-state index in [9.17, 15) is 0 Å². The van der Waals surface area contributed by atoms with Crippen LogP contribution in [0.5, 0.6) is 0 Å². The molecule has 0 amide bonds. The maximum atomic E-state index is 6.66. The van der Waals surface area contributed by atoms with Gasteiger partial charge in [-0.1, -0.05) is 13.8 Å². The molecule has 14 heavy (non-hydrogen) atoms. The van der Waals surface area contributed by atoms with Crippen LogP contribution < -0.4 is 5.73 Å². The summed E-state index contributed by atoms with van der Waals surface area (Å²) < 4.78 is 0. The Morgan fingerprint density at radius 1 is 1.07 bits per heavy atom. The van der Waals surface area contributed by atoms with E-state index >= 15 is 0 Å². The molecule has 0 spiro atoms. The summed E-state index contributed by atoms with van der Waals surface area (Å²) in [7, 11) is 0. The molecule has 4 rings (SSSR count). The lowest BCUT2D eigenvalue weighted by Gasteiger charge is -2.66. The second kappa shape index (κ2) is 2.32. The zero-order valence-electron chi connectivity index (χ0n) is 9.15. The average Bonchev–Trinajstić information content (AvgIpc) is 1.95. The van der Waals surface area contributed by atoms with E-state index in [2.05, 4.69) is 13.8 Å². The zero-order chi connectivity index (χ0) is 10.2. The van der Waals surface area contributed by atoms with E-state index < -0.39 is 0 Å². The first kappa shape index (κ1) is 9.47. The molecule has 2 N–H and O–H groups in total. The van der Waals surface area contributed by atoms with Crippen LogP contribution in [0.15, 0.2) is 0 Å². The highest BCUT2D eigenvalue weighted by molar-refractivity contribution is 6.21. The standard InChI is InChI=1S/C12H20ClN/c1-10-3-8-4-11(2,9(10)13)7-12(14,5-8)6-10/h8-9H,3-7,14H2,1-2H3. The molecule has 0 aromatic rings. The van der Waals surface area contributed by atoms with Crippen LogP contribution in [0.3, 0.4) is 0 Å². The number of alkyl halides is 1. The third kappa shape index (κ3) is 1.01. The third-order valence-corrected chi connectivity index (χ3v) is 5.99. The Morgan fingerprint density at radius 3 is 2.00 bits per heavy atom. The molecule has 2 heteroatoms. The molecule has 0 aliphatic heterocycles. The molecule has 80 valence electrons. The van der Waals surface area contributed by atoms with Crippen molar-refractivity contribution >= 4 is 11.6 Å². The van der Waals surface area contributed by atoms with Crippen LogP contribution in [0.2, 0.25) is 0 Å². The predicted molar refractivity (Wildman–Crippen MR) is 59.3 cm³/mol. The van der Waals surface area contributed by atoms with Gasteiger partial charge in [0.1, 0.15) is 0 Å². The molecule has 0 radical (unpaired) electrons. The first-order chi connectivity index (χ1) is 6.35. The molecule has 0 saturated heterocycles. The number of nitrogens with two attached hydrogens (primary N) is 1. The van der Waals surface area contributed by atoms with Crippen LogP contribution in [-0.4, -0.2) is 10.9 Å². The highest BCUT2D eigenvalue weighted by Gasteiger charge is 2.63. The second-order valence-corrected chi connectivity index (χ2v) is 7.30. The minimum Gasteiger partial charge on any atom is -0.325 e. The summed E-state index contributed by atoms with van der Waals surface area (Å²) in [5, 5.41) is 0.350. The van der Waals surface area contributed by atoms with E-state index in [1.807, 2.05) is 0 Å². The Bertz CT molecular complexity index is 268. The molecule has 0 aromatic heterocycles. The molecule has 4 fully saturated rings. The normalized spacial score (nSPS) is 66.0. The Labute approximate surface area is 91.4 Å². The first-order valence-corrected chi connectivity index (χ1v) is 6.22.